The van der Waals surface area contributed by atoms with Crippen molar-refractivity contribution >= 4 is 28.8 Å². The van der Waals surface area contributed by atoms with Crippen LogP contribution >= 0.6 is 11.8 Å². The zero-order valence-electron chi connectivity index (χ0n) is 17.3. The number of carbonyl (C=O) groups is 2. The number of nitrogens with zero attached hydrogens (tertiary/aromatic N) is 2. The van der Waals surface area contributed by atoms with Gasteiger partial charge in [-0.1, -0.05) is 42.1 Å². The molecule has 7 nitrogen and oxygen atoms in total. The van der Waals surface area contributed by atoms with Crippen molar-refractivity contribution in [2.24, 2.45) is 4.99 Å². The number of esters is 1. The Balaban J connectivity index is 1.61. The van der Waals surface area contributed by atoms with E-state index in [0.717, 1.165) is 16.4 Å². The minimum absolute atomic E-state index is 0.139. The second-order valence-corrected chi connectivity index (χ2v) is 7.89. The molecule has 2 aliphatic heterocycles. The van der Waals surface area contributed by atoms with Crippen molar-refractivity contribution in [3.05, 3.63) is 82.4 Å². The summed E-state index contributed by atoms with van der Waals surface area (Å²) < 4.78 is 10.6. The van der Waals surface area contributed by atoms with E-state index >= 15 is 0 Å². The Bertz CT molecular complexity index is 1060. The molecule has 2 aromatic rings. The molecule has 31 heavy (non-hydrogen) atoms. The van der Waals surface area contributed by atoms with Crippen molar-refractivity contribution in [1.29, 1.82) is 0 Å². The van der Waals surface area contributed by atoms with Gasteiger partial charge in [0.15, 0.2) is 5.17 Å². The molecule has 160 valence electrons. The summed E-state index contributed by atoms with van der Waals surface area (Å²) in [6, 6.07) is 12.9. The first-order chi connectivity index (χ1) is 15.1. The fourth-order valence-corrected chi connectivity index (χ4v) is 4.58. The van der Waals surface area contributed by atoms with Crippen molar-refractivity contribution in [3.63, 3.8) is 0 Å². The van der Waals surface area contributed by atoms with Gasteiger partial charge in [-0.05, 0) is 37.0 Å². The number of fused-ring (bicyclic) bond motifs is 1. The number of amides is 1. The minimum Gasteiger partial charge on any atom is -0.467 e. The Labute approximate surface area is 184 Å². The lowest BCUT2D eigenvalue weighted by atomic mass is 9.94. The second kappa shape index (κ2) is 9.26. The van der Waals surface area contributed by atoms with E-state index in [1.165, 1.54) is 11.8 Å². The van der Waals surface area contributed by atoms with E-state index in [0.29, 0.717) is 23.6 Å². The quantitative estimate of drug-likeness (QED) is 0.656. The van der Waals surface area contributed by atoms with Crippen LogP contribution in [0, 0.1) is 0 Å². The molecule has 1 aromatic heterocycles. The standard InChI is InChI=1S/C23H23N3O4S/c1-3-29-22(28)20-15(2)25-23-26(21(20)16-8-5-4-6-9-16)17(14-31-23)12-19(27)24-13-18-10-7-11-30-18/h4-11,14,21H,3,12-13H2,1-2H3,(H,24,27). The van der Waals surface area contributed by atoms with Crippen molar-refractivity contribution < 1.29 is 18.7 Å². The van der Waals surface area contributed by atoms with E-state index in [9.17, 15) is 9.59 Å². The number of benzene rings is 1. The first-order valence-corrected chi connectivity index (χ1v) is 10.9. The number of aliphatic imine (C=N–C) groups is 1. The summed E-state index contributed by atoms with van der Waals surface area (Å²) in [6.07, 6.45) is 1.73. The molecule has 0 aliphatic carbocycles. The molecule has 8 heteroatoms. The van der Waals surface area contributed by atoms with Crippen LogP contribution in [0.5, 0.6) is 0 Å². The monoisotopic (exact) mass is 437 g/mol. The van der Waals surface area contributed by atoms with Gasteiger partial charge in [-0.3, -0.25) is 4.79 Å². The molecule has 1 aromatic carbocycles. The summed E-state index contributed by atoms with van der Waals surface area (Å²) >= 11 is 1.45. The fraction of sp³-hybridized carbons (Fsp3) is 0.261. The Kier molecular flexibility index (Phi) is 6.27. The maximum absolute atomic E-state index is 12.9. The van der Waals surface area contributed by atoms with Gasteiger partial charge in [0.25, 0.3) is 0 Å². The molecule has 1 atom stereocenters. The minimum atomic E-state index is -0.410. The number of hydrogen-bond acceptors (Lipinski definition) is 7. The number of amidine groups is 1. The summed E-state index contributed by atoms with van der Waals surface area (Å²) in [4.78, 5) is 32.1. The Morgan fingerprint density at radius 1 is 1.23 bits per heavy atom. The van der Waals surface area contributed by atoms with Crippen molar-refractivity contribution in [2.45, 2.75) is 32.9 Å². The topological polar surface area (TPSA) is 84.1 Å². The third-order valence-corrected chi connectivity index (χ3v) is 5.88. The number of carbonyl (C=O) groups excluding carboxylic acids is 2. The number of ether oxygens (including phenoxy) is 1. The van der Waals surface area contributed by atoms with Crippen LogP contribution in [-0.2, 0) is 20.9 Å². The normalized spacial score (nSPS) is 17.7. The third-order valence-electron chi connectivity index (χ3n) is 4.99. The number of rotatable bonds is 7. The lowest BCUT2D eigenvalue weighted by molar-refractivity contribution is -0.139. The predicted octanol–water partition coefficient (Wildman–Crippen LogP) is 4.12. The van der Waals surface area contributed by atoms with Gasteiger partial charge < -0.3 is 19.4 Å². The summed E-state index contributed by atoms with van der Waals surface area (Å²) in [5.74, 6) is 0.157. The first kappa shape index (κ1) is 21.0. The molecule has 1 amide bonds. The maximum atomic E-state index is 12.9. The summed E-state index contributed by atoms with van der Waals surface area (Å²) in [7, 11) is 0. The SMILES string of the molecule is CCOC(=O)C1=C(C)N=C2SC=C(CC(=O)NCc3ccco3)N2C1c1ccccc1. The maximum Gasteiger partial charge on any atom is 0.338 e. The highest BCUT2D eigenvalue weighted by Crippen LogP contribution is 2.44. The van der Waals surface area contributed by atoms with Gasteiger partial charge in [0.05, 0.1) is 43.1 Å². The molecule has 2 aliphatic rings. The molecule has 0 spiro atoms. The fourth-order valence-electron chi connectivity index (χ4n) is 3.62. The van der Waals surface area contributed by atoms with Gasteiger partial charge in [-0.25, -0.2) is 9.79 Å². The highest BCUT2D eigenvalue weighted by atomic mass is 32.2. The number of thioether (sulfide) groups is 1. The largest absolute Gasteiger partial charge is 0.467 e. The van der Waals surface area contributed by atoms with Crippen LogP contribution in [0.3, 0.4) is 0 Å². The van der Waals surface area contributed by atoms with E-state index in [1.54, 1.807) is 19.3 Å². The molecule has 0 saturated carbocycles. The molecule has 3 heterocycles. The smallest absolute Gasteiger partial charge is 0.338 e. The lowest BCUT2D eigenvalue weighted by Gasteiger charge is -2.36. The molecule has 1 N–H and O–H groups in total. The summed E-state index contributed by atoms with van der Waals surface area (Å²) in [5.41, 5.74) is 2.83. The van der Waals surface area contributed by atoms with Gasteiger partial charge in [-0.2, -0.15) is 0 Å². The van der Waals surface area contributed by atoms with Gasteiger partial charge >= 0.3 is 5.97 Å². The van der Waals surface area contributed by atoms with Crippen molar-refractivity contribution in [2.75, 3.05) is 6.61 Å². The third kappa shape index (κ3) is 4.44. The van der Waals surface area contributed by atoms with Crippen LogP contribution in [0.4, 0.5) is 0 Å². The molecular formula is C23H23N3O4S. The van der Waals surface area contributed by atoms with E-state index < -0.39 is 12.0 Å². The number of nitrogens with one attached hydrogen (secondary N) is 1. The van der Waals surface area contributed by atoms with Gasteiger partial charge in [-0.15, -0.1) is 0 Å². The summed E-state index contributed by atoms with van der Waals surface area (Å²) in [5, 5.41) is 5.54. The molecule has 0 saturated heterocycles. The lowest BCUT2D eigenvalue weighted by Crippen LogP contribution is -2.38. The van der Waals surface area contributed by atoms with E-state index in [4.69, 9.17) is 9.15 Å². The molecule has 1 unspecified atom stereocenters. The van der Waals surface area contributed by atoms with E-state index in [-0.39, 0.29) is 18.9 Å². The average molecular weight is 438 g/mol. The Morgan fingerprint density at radius 3 is 2.74 bits per heavy atom. The molecule has 4 rings (SSSR count). The van der Waals surface area contributed by atoms with Crippen molar-refractivity contribution in [3.8, 4) is 0 Å². The zero-order valence-corrected chi connectivity index (χ0v) is 18.1. The van der Waals surface area contributed by atoms with E-state index in [2.05, 4.69) is 10.3 Å². The number of hydrogen-bond donors (Lipinski definition) is 1. The van der Waals surface area contributed by atoms with Gasteiger partial charge in [0.2, 0.25) is 5.91 Å². The number of furan rings is 1. The van der Waals surface area contributed by atoms with Crippen LogP contribution in [0.2, 0.25) is 0 Å². The Morgan fingerprint density at radius 2 is 2.03 bits per heavy atom. The van der Waals surface area contributed by atoms with E-state index in [1.807, 2.05) is 53.6 Å². The number of allylic oxidation sites excluding steroid dienone is 1. The van der Waals surface area contributed by atoms with Crippen LogP contribution < -0.4 is 5.32 Å². The summed E-state index contributed by atoms with van der Waals surface area (Å²) in [6.45, 7) is 4.20. The van der Waals surface area contributed by atoms with Crippen LogP contribution in [0.15, 0.2) is 80.5 Å². The zero-order chi connectivity index (χ0) is 21.8. The van der Waals surface area contributed by atoms with Crippen molar-refractivity contribution in [1.82, 2.24) is 10.2 Å². The predicted molar refractivity (Wildman–Crippen MR) is 119 cm³/mol. The molecule has 0 fully saturated rings. The second-order valence-electron chi connectivity index (χ2n) is 7.06. The molecular weight excluding hydrogens is 414 g/mol. The highest BCUT2D eigenvalue weighted by Gasteiger charge is 2.40. The highest BCUT2D eigenvalue weighted by molar-refractivity contribution is 8.16. The molecule has 0 bridgehead atoms. The van der Waals surface area contributed by atoms with Crippen LogP contribution in [0.1, 0.15) is 37.6 Å². The van der Waals surface area contributed by atoms with Gasteiger partial charge in [0.1, 0.15) is 5.76 Å². The Hall–Kier alpha value is -3.26. The molecule has 0 radical (unpaired) electrons. The average Bonchev–Trinajstić information content (AvgIpc) is 3.42. The van der Waals surface area contributed by atoms with Crippen LogP contribution in [0.25, 0.3) is 0 Å². The first-order valence-electron chi connectivity index (χ1n) is 10.0. The van der Waals surface area contributed by atoms with Crippen LogP contribution in [-0.4, -0.2) is 28.6 Å². The van der Waals surface area contributed by atoms with Gasteiger partial charge in [0, 0.05) is 5.70 Å².